The van der Waals surface area contributed by atoms with Crippen LogP contribution in [0, 0.1) is 24.7 Å². The molecule has 1 aromatic carbocycles. The zero-order valence-electron chi connectivity index (χ0n) is 23.5. The molecule has 4 aliphatic carbocycles. The van der Waals surface area contributed by atoms with Crippen LogP contribution in [0.1, 0.15) is 107 Å². The number of nitrogens with one attached hydrogen (secondary N) is 2. The maximum Gasteiger partial charge on any atom is 0.262 e. The van der Waals surface area contributed by atoms with Crippen molar-refractivity contribution in [3.05, 3.63) is 39.9 Å². The predicted molar refractivity (Wildman–Crippen MR) is 152 cm³/mol. The molecule has 5 aliphatic rings. The van der Waals surface area contributed by atoms with E-state index in [1.165, 1.54) is 81.7 Å². The SMILES string of the molecule is Cc1nc2ccc(CCCCCCCCNC34CC5CC(CC(C5)C3)C4)cc2c(=O)n1C1CCC(=O)NC1=O. The molecule has 7 nitrogen and oxygen atoms in total. The lowest BCUT2D eigenvalue weighted by Gasteiger charge is -2.57. The Bertz CT molecular complexity index is 1260. The van der Waals surface area contributed by atoms with E-state index in [9.17, 15) is 14.4 Å². The first-order chi connectivity index (χ1) is 18.9. The van der Waals surface area contributed by atoms with E-state index in [0.29, 0.717) is 28.7 Å². The Morgan fingerprint density at radius 3 is 2.31 bits per heavy atom. The van der Waals surface area contributed by atoms with Crippen LogP contribution in [0.2, 0.25) is 0 Å². The number of amides is 2. The van der Waals surface area contributed by atoms with Gasteiger partial charge in [-0.25, -0.2) is 4.98 Å². The summed E-state index contributed by atoms with van der Waals surface area (Å²) in [6.45, 7) is 2.94. The van der Waals surface area contributed by atoms with Crippen molar-refractivity contribution in [1.82, 2.24) is 20.2 Å². The average Bonchev–Trinajstić information content (AvgIpc) is 2.88. The van der Waals surface area contributed by atoms with Gasteiger partial charge in [0.2, 0.25) is 11.8 Å². The van der Waals surface area contributed by atoms with Crippen LogP contribution < -0.4 is 16.2 Å². The van der Waals surface area contributed by atoms with Gasteiger partial charge >= 0.3 is 0 Å². The van der Waals surface area contributed by atoms with E-state index in [-0.39, 0.29) is 17.9 Å². The van der Waals surface area contributed by atoms with Crippen molar-refractivity contribution in [1.29, 1.82) is 0 Å². The molecule has 210 valence electrons. The Balaban J connectivity index is 0.943. The number of hydrogen-bond donors (Lipinski definition) is 2. The van der Waals surface area contributed by atoms with Gasteiger partial charge < -0.3 is 5.32 Å². The van der Waals surface area contributed by atoms with Crippen LogP contribution in [0.3, 0.4) is 0 Å². The van der Waals surface area contributed by atoms with E-state index >= 15 is 0 Å². The highest BCUT2D eigenvalue weighted by Gasteiger charge is 2.50. The number of hydrogen-bond acceptors (Lipinski definition) is 5. The monoisotopic (exact) mass is 532 g/mol. The summed E-state index contributed by atoms with van der Waals surface area (Å²) in [6.07, 6.45) is 17.8. The third-order valence-electron chi connectivity index (χ3n) is 10.1. The van der Waals surface area contributed by atoms with Crippen molar-refractivity contribution in [3.63, 3.8) is 0 Å². The van der Waals surface area contributed by atoms with Crippen molar-refractivity contribution >= 4 is 22.7 Å². The fourth-order valence-electron chi connectivity index (χ4n) is 8.65. The zero-order chi connectivity index (χ0) is 27.0. The molecule has 1 saturated heterocycles. The molecule has 0 radical (unpaired) electrons. The summed E-state index contributed by atoms with van der Waals surface area (Å²) >= 11 is 0. The van der Waals surface area contributed by atoms with Crippen molar-refractivity contribution in [2.75, 3.05) is 6.54 Å². The highest BCUT2D eigenvalue weighted by atomic mass is 16.2. The van der Waals surface area contributed by atoms with Gasteiger partial charge in [-0.05, 0) is 113 Å². The second kappa shape index (κ2) is 11.1. The van der Waals surface area contributed by atoms with Gasteiger partial charge in [0.05, 0.1) is 10.9 Å². The molecule has 7 rings (SSSR count). The highest BCUT2D eigenvalue weighted by Crippen LogP contribution is 2.55. The standard InChI is InChI=1S/C32H44N4O3/c1-21-34-27-10-9-22(17-26(27)31(39)36(21)28-11-12-29(37)35-30(28)38)8-6-4-2-3-5-7-13-33-32-18-23-14-24(19-32)16-25(15-23)20-32/h9-10,17,23-25,28,33H,2-8,11-16,18-20H2,1H3,(H,35,37,38). The molecule has 5 fully saturated rings. The van der Waals surface area contributed by atoms with Gasteiger partial charge in [0, 0.05) is 12.0 Å². The molecule has 39 heavy (non-hydrogen) atoms. The zero-order valence-corrected chi connectivity index (χ0v) is 23.5. The maximum atomic E-state index is 13.4. The number of aromatic nitrogens is 2. The summed E-state index contributed by atoms with van der Waals surface area (Å²) in [5, 5.41) is 6.94. The number of aryl methyl sites for hydroxylation is 2. The topological polar surface area (TPSA) is 93.1 Å². The third-order valence-corrected chi connectivity index (χ3v) is 10.1. The van der Waals surface area contributed by atoms with E-state index in [0.717, 1.165) is 36.2 Å². The Morgan fingerprint density at radius 1 is 0.949 bits per heavy atom. The smallest absolute Gasteiger partial charge is 0.262 e. The second-order valence-electron chi connectivity index (χ2n) is 13.1. The van der Waals surface area contributed by atoms with Crippen molar-refractivity contribution in [3.8, 4) is 0 Å². The molecule has 4 bridgehead atoms. The van der Waals surface area contributed by atoms with Crippen LogP contribution in [-0.4, -0.2) is 33.4 Å². The number of rotatable bonds is 11. The van der Waals surface area contributed by atoms with Gasteiger partial charge in [-0.1, -0.05) is 31.7 Å². The van der Waals surface area contributed by atoms with E-state index in [4.69, 9.17) is 0 Å². The van der Waals surface area contributed by atoms with Gasteiger partial charge in [-0.3, -0.25) is 24.3 Å². The number of nitrogens with zero attached hydrogens (tertiary/aromatic N) is 2. The molecule has 4 saturated carbocycles. The average molecular weight is 533 g/mol. The molecule has 2 heterocycles. The minimum Gasteiger partial charge on any atom is -0.311 e. The highest BCUT2D eigenvalue weighted by molar-refractivity contribution is 5.99. The minimum atomic E-state index is -0.682. The number of carbonyl (C=O) groups is 2. The van der Waals surface area contributed by atoms with Crippen LogP contribution in [0.5, 0.6) is 0 Å². The van der Waals surface area contributed by atoms with E-state index in [2.05, 4.69) is 21.7 Å². The molecule has 2 amide bonds. The Labute approximate surface area is 231 Å². The van der Waals surface area contributed by atoms with Gasteiger partial charge in [-0.15, -0.1) is 0 Å². The molecule has 1 aromatic heterocycles. The normalized spacial score (nSPS) is 29.8. The lowest BCUT2D eigenvalue weighted by Crippen LogP contribution is -2.58. The van der Waals surface area contributed by atoms with Crippen molar-refractivity contribution in [2.45, 2.75) is 115 Å². The summed E-state index contributed by atoms with van der Waals surface area (Å²) in [6, 6.07) is 5.26. The van der Waals surface area contributed by atoms with Gasteiger partial charge in [0.25, 0.3) is 5.56 Å². The van der Waals surface area contributed by atoms with Crippen LogP contribution in [0.4, 0.5) is 0 Å². The number of imide groups is 1. The van der Waals surface area contributed by atoms with E-state index < -0.39 is 11.9 Å². The van der Waals surface area contributed by atoms with E-state index in [1.54, 1.807) is 6.92 Å². The van der Waals surface area contributed by atoms with Crippen LogP contribution in [0.25, 0.3) is 10.9 Å². The number of fused-ring (bicyclic) bond motifs is 1. The fourth-order valence-corrected chi connectivity index (χ4v) is 8.65. The third kappa shape index (κ3) is 5.70. The van der Waals surface area contributed by atoms with Crippen molar-refractivity contribution < 1.29 is 9.59 Å². The largest absolute Gasteiger partial charge is 0.311 e. The predicted octanol–water partition coefficient (Wildman–Crippen LogP) is 5.12. The van der Waals surface area contributed by atoms with Gasteiger partial charge in [0.15, 0.2) is 0 Å². The number of piperidine rings is 1. The molecule has 7 heteroatoms. The lowest BCUT2D eigenvalue weighted by molar-refractivity contribution is -0.135. The molecular formula is C32H44N4O3. The Kier molecular flexibility index (Phi) is 7.62. The summed E-state index contributed by atoms with van der Waals surface area (Å²) in [4.78, 5) is 41.9. The quantitative estimate of drug-likeness (QED) is 0.309. The molecule has 1 atom stereocenters. The van der Waals surface area contributed by atoms with Crippen LogP contribution in [-0.2, 0) is 16.0 Å². The second-order valence-corrected chi connectivity index (χ2v) is 13.1. The molecule has 1 aliphatic heterocycles. The summed E-state index contributed by atoms with van der Waals surface area (Å²) in [7, 11) is 0. The molecular weight excluding hydrogens is 488 g/mol. The fraction of sp³-hybridized carbons (Fsp3) is 0.688. The maximum absolute atomic E-state index is 13.4. The number of benzene rings is 1. The summed E-state index contributed by atoms with van der Waals surface area (Å²) in [5.41, 5.74) is 2.09. The van der Waals surface area contributed by atoms with Crippen LogP contribution >= 0.6 is 0 Å². The first-order valence-electron chi connectivity index (χ1n) is 15.5. The first-order valence-corrected chi connectivity index (χ1v) is 15.5. The summed E-state index contributed by atoms with van der Waals surface area (Å²) in [5.74, 6) is 2.83. The molecule has 0 spiro atoms. The molecule has 2 N–H and O–H groups in total. The van der Waals surface area contributed by atoms with Crippen molar-refractivity contribution in [2.24, 2.45) is 17.8 Å². The van der Waals surface area contributed by atoms with E-state index in [1.807, 2.05) is 12.1 Å². The van der Waals surface area contributed by atoms with Gasteiger partial charge in [-0.2, -0.15) is 0 Å². The lowest BCUT2D eigenvalue weighted by atomic mass is 9.53. The molecule has 2 aromatic rings. The Morgan fingerprint density at radius 2 is 1.62 bits per heavy atom. The number of carbonyl (C=O) groups excluding carboxylic acids is 2. The van der Waals surface area contributed by atoms with Gasteiger partial charge in [0.1, 0.15) is 11.9 Å². The Hall–Kier alpha value is -2.54. The first kappa shape index (κ1) is 26.7. The minimum absolute atomic E-state index is 0.198. The van der Waals surface area contributed by atoms with Crippen LogP contribution in [0.15, 0.2) is 23.0 Å². The summed E-state index contributed by atoms with van der Waals surface area (Å²) < 4.78 is 1.46. The number of unbranched alkanes of at least 4 members (excludes halogenated alkanes) is 5. The molecule has 1 unspecified atom stereocenters.